The number of H-pyrrole nitrogens is 1. The maximum atomic E-state index is 11.4. The molecule has 0 bridgehead atoms. The van der Waals surface area contributed by atoms with Crippen LogP contribution in [-0.4, -0.2) is 34.6 Å². The molecular formula is C8H10BrN3O3. The molecule has 15 heavy (non-hydrogen) atoms. The summed E-state index contributed by atoms with van der Waals surface area (Å²) in [6.07, 6.45) is 0.228. The van der Waals surface area contributed by atoms with E-state index < -0.39 is 17.9 Å². The second kappa shape index (κ2) is 4.94. The van der Waals surface area contributed by atoms with Crippen LogP contribution in [0.2, 0.25) is 0 Å². The van der Waals surface area contributed by atoms with Crippen molar-refractivity contribution in [3.8, 4) is 0 Å². The molecule has 0 spiro atoms. The summed E-state index contributed by atoms with van der Waals surface area (Å²) in [5, 5.41) is 11.4. The molecule has 6 nitrogen and oxygen atoms in total. The predicted molar refractivity (Wildman–Crippen MR) is 56.0 cm³/mol. The van der Waals surface area contributed by atoms with Crippen LogP contribution in [0.1, 0.15) is 10.5 Å². The van der Waals surface area contributed by atoms with Crippen molar-refractivity contribution in [1.29, 1.82) is 0 Å². The first-order valence-electron chi connectivity index (χ1n) is 4.10. The Hall–Kier alpha value is -1.34. The van der Waals surface area contributed by atoms with E-state index >= 15 is 0 Å². The first-order chi connectivity index (χ1) is 7.00. The zero-order chi connectivity index (χ0) is 11.4. The summed E-state index contributed by atoms with van der Waals surface area (Å²) in [6.45, 7) is -0.204. The van der Waals surface area contributed by atoms with Crippen LogP contribution < -0.4 is 11.1 Å². The summed E-state index contributed by atoms with van der Waals surface area (Å²) < 4.78 is 0.739. The molecule has 0 aliphatic rings. The van der Waals surface area contributed by atoms with Gasteiger partial charge in [-0.05, 0) is 22.0 Å². The van der Waals surface area contributed by atoms with Gasteiger partial charge in [-0.3, -0.25) is 9.59 Å². The Morgan fingerprint density at radius 2 is 2.33 bits per heavy atom. The van der Waals surface area contributed by atoms with Crippen molar-refractivity contribution in [2.24, 2.45) is 5.73 Å². The summed E-state index contributed by atoms with van der Waals surface area (Å²) in [4.78, 5) is 24.5. The number of aromatic amines is 1. The minimum atomic E-state index is -1.37. The van der Waals surface area contributed by atoms with Gasteiger partial charge in [0.05, 0.1) is 6.54 Å². The SMILES string of the molecule is NC(=O)C(O)CNC(=O)c1cc(Br)c[nH]1. The van der Waals surface area contributed by atoms with Gasteiger partial charge < -0.3 is 21.1 Å². The van der Waals surface area contributed by atoms with Gasteiger partial charge >= 0.3 is 0 Å². The number of nitrogens with two attached hydrogens (primary N) is 1. The topological polar surface area (TPSA) is 108 Å². The molecule has 0 fully saturated rings. The molecular weight excluding hydrogens is 266 g/mol. The largest absolute Gasteiger partial charge is 0.381 e. The quantitative estimate of drug-likeness (QED) is 0.587. The highest BCUT2D eigenvalue weighted by molar-refractivity contribution is 9.10. The zero-order valence-electron chi connectivity index (χ0n) is 7.66. The third-order valence-corrected chi connectivity index (χ3v) is 2.13. The van der Waals surface area contributed by atoms with Gasteiger partial charge in [0.25, 0.3) is 5.91 Å². The molecule has 1 atom stereocenters. The van der Waals surface area contributed by atoms with Crippen LogP contribution in [0.25, 0.3) is 0 Å². The molecule has 5 N–H and O–H groups in total. The Morgan fingerprint density at radius 3 is 2.80 bits per heavy atom. The lowest BCUT2D eigenvalue weighted by Crippen LogP contribution is -2.40. The number of nitrogens with one attached hydrogen (secondary N) is 2. The van der Waals surface area contributed by atoms with Gasteiger partial charge in [0.15, 0.2) is 0 Å². The van der Waals surface area contributed by atoms with Crippen LogP contribution >= 0.6 is 15.9 Å². The van der Waals surface area contributed by atoms with Crippen LogP contribution in [-0.2, 0) is 4.79 Å². The Labute approximate surface area is 94.0 Å². The third kappa shape index (κ3) is 3.37. The zero-order valence-corrected chi connectivity index (χ0v) is 9.24. The number of carbonyl (C=O) groups is 2. The van der Waals surface area contributed by atoms with Crippen LogP contribution in [0, 0.1) is 0 Å². The molecule has 1 aromatic heterocycles. The number of amides is 2. The fourth-order valence-corrected chi connectivity index (χ4v) is 1.23. The van der Waals surface area contributed by atoms with Crippen LogP contribution in [0.15, 0.2) is 16.7 Å². The molecule has 1 unspecified atom stereocenters. The number of halogens is 1. The van der Waals surface area contributed by atoms with Gasteiger partial charge in [0.1, 0.15) is 11.8 Å². The lowest BCUT2D eigenvalue weighted by Gasteiger charge is -2.07. The maximum Gasteiger partial charge on any atom is 0.267 e. The number of aliphatic hydroxyl groups is 1. The Balaban J connectivity index is 2.47. The number of primary amides is 1. The highest BCUT2D eigenvalue weighted by Gasteiger charge is 2.13. The molecule has 82 valence electrons. The number of hydrogen-bond donors (Lipinski definition) is 4. The number of aromatic nitrogens is 1. The molecule has 1 heterocycles. The van der Waals surface area contributed by atoms with Crippen LogP contribution in [0.5, 0.6) is 0 Å². The smallest absolute Gasteiger partial charge is 0.267 e. The molecule has 0 radical (unpaired) electrons. The highest BCUT2D eigenvalue weighted by atomic mass is 79.9. The lowest BCUT2D eigenvalue weighted by molar-refractivity contribution is -0.125. The van der Waals surface area contributed by atoms with Crippen LogP contribution in [0.3, 0.4) is 0 Å². The second-order valence-corrected chi connectivity index (χ2v) is 3.78. The minimum absolute atomic E-state index is 0.204. The summed E-state index contributed by atoms with van der Waals surface area (Å²) in [6, 6.07) is 1.58. The van der Waals surface area contributed by atoms with E-state index in [-0.39, 0.29) is 6.54 Å². The van der Waals surface area contributed by atoms with E-state index in [1.807, 2.05) is 0 Å². The number of rotatable bonds is 4. The van der Waals surface area contributed by atoms with Gasteiger partial charge in [-0.1, -0.05) is 0 Å². The molecule has 0 aliphatic heterocycles. The second-order valence-electron chi connectivity index (χ2n) is 2.86. The van der Waals surface area contributed by atoms with E-state index in [9.17, 15) is 9.59 Å². The van der Waals surface area contributed by atoms with Gasteiger partial charge in [0.2, 0.25) is 5.91 Å². The average Bonchev–Trinajstić information content (AvgIpc) is 2.60. The average molecular weight is 276 g/mol. The first-order valence-corrected chi connectivity index (χ1v) is 4.89. The fraction of sp³-hybridized carbons (Fsp3) is 0.250. The van der Waals surface area contributed by atoms with E-state index in [0.717, 1.165) is 4.47 Å². The van der Waals surface area contributed by atoms with Crippen molar-refractivity contribution >= 4 is 27.7 Å². The van der Waals surface area contributed by atoms with Gasteiger partial charge in [-0.15, -0.1) is 0 Å². The summed E-state index contributed by atoms with van der Waals surface area (Å²) in [5.74, 6) is -1.29. The van der Waals surface area contributed by atoms with Crippen molar-refractivity contribution < 1.29 is 14.7 Å². The Bertz CT molecular complexity index is 377. The summed E-state index contributed by atoms with van der Waals surface area (Å²) in [7, 11) is 0. The lowest BCUT2D eigenvalue weighted by atomic mass is 10.3. The van der Waals surface area contributed by atoms with E-state index in [2.05, 4.69) is 26.2 Å². The normalized spacial score (nSPS) is 12.1. The van der Waals surface area contributed by atoms with Gasteiger partial charge in [0, 0.05) is 10.7 Å². The van der Waals surface area contributed by atoms with E-state index in [0.29, 0.717) is 5.69 Å². The standard InChI is InChI=1S/C8H10BrN3O3/c9-4-1-5(11-2-4)8(15)12-3-6(13)7(10)14/h1-2,6,11,13H,3H2,(H2,10,14)(H,12,15). The fourth-order valence-electron chi connectivity index (χ4n) is 0.884. The van der Waals surface area contributed by atoms with Crippen molar-refractivity contribution in [1.82, 2.24) is 10.3 Å². The Morgan fingerprint density at radius 1 is 1.67 bits per heavy atom. The van der Waals surface area contributed by atoms with Crippen molar-refractivity contribution in [2.75, 3.05) is 6.54 Å². The molecule has 0 aromatic carbocycles. The van der Waals surface area contributed by atoms with Crippen molar-refractivity contribution in [3.05, 3.63) is 22.4 Å². The minimum Gasteiger partial charge on any atom is -0.381 e. The third-order valence-electron chi connectivity index (χ3n) is 1.68. The van der Waals surface area contributed by atoms with Gasteiger partial charge in [-0.25, -0.2) is 0 Å². The van der Waals surface area contributed by atoms with Crippen LogP contribution in [0.4, 0.5) is 0 Å². The monoisotopic (exact) mass is 275 g/mol. The van der Waals surface area contributed by atoms with E-state index in [1.165, 1.54) is 0 Å². The number of carbonyl (C=O) groups excluding carboxylic acids is 2. The summed E-state index contributed by atoms with van der Waals surface area (Å²) in [5.41, 5.74) is 5.14. The molecule has 7 heteroatoms. The predicted octanol–water partition coefficient (Wildman–Crippen LogP) is -0.647. The Kier molecular flexibility index (Phi) is 3.87. The van der Waals surface area contributed by atoms with Gasteiger partial charge in [-0.2, -0.15) is 0 Å². The molecule has 1 aromatic rings. The number of hydrogen-bond acceptors (Lipinski definition) is 3. The molecule has 1 rings (SSSR count). The van der Waals surface area contributed by atoms with Crippen molar-refractivity contribution in [2.45, 2.75) is 6.10 Å². The van der Waals surface area contributed by atoms with Crippen molar-refractivity contribution in [3.63, 3.8) is 0 Å². The molecule has 0 saturated carbocycles. The van der Waals surface area contributed by atoms with E-state index in [4.69, 9.17) is 10.8 Å². The van der Waals surface area contributed by atoms with E-state index in [1.54, 1.807) is 12.3 Å². The molecule has 0 aliphatic carbocycles. The summed E-state index contributed by atoms with van der Waals surface area (Å²) >= 11 is 3.17. The molecule has 2 amide bonds. The number of aliphatic hydroxyl groups excluding tert-OH is 1. The highest BCUT2D eigenvalue weighted by Crippen LogP contribution is 2.10. The maximum absolute atomic E-state index is 11.4. The first kappa shape index (κ1) is 11.7. The molecule has 0 saturated heterocycles.